The number of pyridine rings is 1. The summed E-state index contributed by atoms with van der Waals surface area (Å²) in [6.45, 7) is 2.77. The van der Waals surface area contributed by atoms with Crippen LogP contribution in [0.2, 0.25) is 0 Å². The van der Waals surface area contributed by atoms with E-state index in [1.54, 1.807) is 6.20 Å². The van der Waals surface area contributed by atoms with Gasteiger partial charge in [-0.1, -0.05) is 25.3 Å². The molecule has 1 aliphatic carbocycles. The predicted octanol–water partition coefficient (Wildman–Crippen LogP) is 3.88. The van der Waals surface area contributed by atoms with Crippen molar-refractivity contribution in [1.29, 1.82) is 0 Å². The third-order valence-electron chi connectivity index (χ3n) is 5.89. The molecule has 4 rings (SSSR count). The SMILES string of the molecule is O=C(c1ccccn1)C1CCCN(Cc2cncn2C2CCCCC2)C1. The molecule has 0 amide bonds. The number of aromatic nitrogens is 3. The molecule has 2 aliphatic rings. The molecule has 0 N–H and O–H groups in total. The van der Waals surface area contributed by atoms with Crippen molar-refractivity contribution in [3.05, 3.63) is 48.3 Å². The highest BCUT2D eigenvalue weighted by molar-refractivity contribution is 5.96. The normalized spacial score (nSPS) is 22.4. The van der Waals surface area contributed by atoms with Crippen molar-refractivity contribution in [3.63, 3.8) is 0 Å². The van der Waals surface area contributed by atoms with Crippen LogP contribution in [0.1, 0.15) is 67.2 Å². The molecule has 1 atom stereocenters. The fourth-order valence-corrected chi connectivity index (χ4v) is 4.50. The molecule has 138 valence electrons. The average Bonchev–Trinajstić information content (AvgIpc) is 3.17. The highest BCUT2D eigenvalue weighted by Crippen LogP contribution is 2.30. The average molecular weight is 352 g/mol. The molecule has 0 radical (unpaired) electrons. The smallest absolute Gasteiger partial charge is 0.185 e. The van der Waals surface area contributed by atoms with Crippen molar-refractivity contribution in [1.82, 2.24) is 19.4 Å². The Bertz CT molecular complexity index is 721. The first-order chi connectivity index (χ1) is 12.8. The highest BCUT2D eigenvalue weighted by Gasteiger charge is 2.28. The van der Waals surface area contributed by atoms with Gasteiger partial charge in [0.25, 0.3) is 0 Å². The molecule has 0 spiro atoms. The van der Waals surface area contributed by atoms with Gasteiger partial charge in [0, 0.05) is 37.4 Å². The first-order valence-electron chi connectivity index (χ1n) is 9.99. The van der Waals surface area contributed by atoms with Gasteiger partial charge in [0.05, 0.1) is 12.0 Å². The van der Waals surface area contributed by atoms with Crippen LogP contribution in [0, 0.1) is 5.92 Å². The number of carbonyl (C=O) groups excluding carboxylic acids is 1. The molecule has 2 aromatic heterocycles. The number of rotatable bonds is 5. The van der Waals surface area contributed by atoms with Crippen LogP contribution in [-0.4, -0.2) is 38.3 Å². The van der Waals surface area contributed by atoms with Gasteiger partial charge in [-0.15, -0.1) is 0 Å². The lowest BCUT2D eigenvalue weighted by Gasteiger charge is -2.33. The van der Waals surface area contributed by atoms with E-state index in [1.165, 1.54) is 37.8 Å². The molecule has 26 heavy (non-hydrogen) atoms. The van der Waals surface area contributed by atoms with E-state index in [0.717, 1.165) is 32.5 Å². The van der Waals surface area contributed by atoms with Crippen LogP contribution in [0.5, 0.6) is 0 Å². The summed E-state index contributed by atoms with van der Waals surface area (Å²) in [5, 5.41) is 0. The summed E-state index contributed by atoms with van der Waals surface area (Å²) >= 11 is 0. The molecule has 1 unspecified atom stereocenters. The first kappa shape index (κ1) is 17.4. The fourth-order valence-electron chi connectivity index (χ4n) is 4.50. The zero-order valence-electron chi connectivity index (χ0n) is 15.4. The summed E-state index contributed by atoms with van der Waals surface area (Å²) in [5.41, 5.74) is 1.90. The Hall–Kier alpha value is -2.01. The second kappa shape index (κ2) is 8.12. The fraction of sp³-hybridized carbons (Fsp3) is 0.571. The van der Waals surface area contributed by atoms with E-state index in [1.807, 2.05) is 30.7 Å². The number of hydrogen-bond donors (Lipinski definition) is 0. The van der Waals surface area contributed by atoms with Crippen molar-refractivity contribution < 1.29 is 4.79 Å². The van der Waals surface area contributed by atoms with Crippen LogP contribution in [-0.2, 0) is 6.54 Å². The van der Waals surface area contributed by atoms with Gasteiger partial charge in [0.1, 0.15) is 5.69 Å². The maximum absolute atomic E-state index is 12.8. The molecule has 0 bridgehead atoms. The Labute approximate surface area is 155 Å². The topological polar surface area (TPSA) is 51.0 Å². The van der Waals surface area contributed by atoms with E-state index in [9.17, 15) is 4.79 Å². The third-order valence-corrected chi connectivity index (χ3v) is 5.89. The second-order valence-electron chi connectivity index (χ2n) is 7.74. The molecule has 3 heterocycles. The van der Waals surface area contributed by atoms with Gasteiger partial charge in [-0.05, 0) is 44.4 Å². The number of hydrogen-bond acceptors (Lipinski definition) is 4. The number of ketones is 1. The third kappa shape index (κ3) is 3.88. The van der Waals surface area contributed by atoms with E-state index < -0.39 is 0 Å². The van der Waals surface area contributed by atoms with Gasteiger partial charge in [0.15, 0.2) is 5.78 Å². The zero-order chi connectivity index (χ0) is 17.8. The van der Waals surface area contributed by atoms with Crippen molar-refractivity contribution in [2.45, 2.75) is 57.5 Å². The number of carbonyl (C=O) groups is 1. The van der Waals surface area contributed by atoms with E-state index in [4.69, 9.17) is 0 Å². The molecule has 1 saturated heterocycles. The summed E-state index contributed by atoms with van der Waals surface area (Å²) < 4.78 is 2.39. The van der Waals surface area contributed by atoms with Gasteiger partial charge in [-0.25, -0.2) is 4.98 Å². The maximum atomic E-state index is 12.8. The number of likely N-dealkylation sites (tertiary alicyclic amines) is 1. The summed E-state index contributed by atoms with van der Waals surface area (Å²) in [6, 6.07) is 6.19. The second-order valence-corrected chi connectivity index (χ2v) is 7.74. The Kier molecular flexibility index (Phi) is 5.44. The summed E-state index contributed by atoms with van der Waals surface area (Å²) in [4.78, 5) is 23.8. The lowest BCUT2D eigenvalue weighted by atomic mass is 9.91. The Balaban J connectivity index is 1.41. The highest BCUT2D eigenvalue weighted by atomic mass is 16.1. The van der Waals surface area contributed by atoms with E-state index in [2.05, 4.69) is 19.4 Å². The molecule has 5 nitrogen and oxygen atoms in total. The zero-order valence-corrected chi connectivity index (χ0v) is 15.4. The van der Waals surface area contributed by atoms with Crippen LogP contribution in [0.3, 0.4) is 0 Å². The van der Waals surface area contributed by atoms with Crippen molar-refractivity contribution in [3.8, 4) is 0 Å². The number of piperidine rings is 1. The van der Waals surface area contributed by atoms with Crippen molar-refractivity contribution in [2.75, 3.05) is 13.1 Å². The van der Waals surface area contributed by atoms with E-state index in [-0.39, 0.29) is 11.7 Å². The van der Waals surface area contributed by atoms with Crippen molar-refractivity contribution in [2.24, 2.45) is 5.92 Å². The molecule has 5 heteroatoms. The molecule has 2 fully saturated rings. The van der Waals surface area contributed by atoms with Crippen molar-refractivity contribution >= 4 is 5.78 Å². The minimum absolute atomic E-state index is 0.0599. The van der Waals surface area contributed by atoms with Crippen LogP contribution in [0.4, 0.5) is 0 Å². The molecule has 0 aromatic carbocycles. The minimum atomic E-state index is 0.0599. The molecular formula is C21H28N4O. The quantitative estimate of drug-likeness (QED) is 0.766. The van der Waals surface area contributed by atoms with Gasteiger partial charge in [-0.2, -0.15) is 0 Å². The Morgan fingerprint density at radius 3 is 2.81 bits per heavy atom. The lowest BCUT2D eigenvalue weighted by molar-refractivity contribution is 0.0802. The van der Waals surface area contributed by atoms with Gasteiger partial charge in [-0.3, -0.25) is 14.7 Å². The van der Waals surface area contributed by atoms with Gasteiger partial charge < -0.3 is 4.57 Å². The monoisotopic (exact) mass is 352 g/mol. The van der Waals surface area contributed by atoms with Crippen LogP contribution < -0.4 is 0 Å². The standard InChI is InChI=1S/C21H28N4O/c26-21(20-10-4-5-11-23-20)17-7-6-12-24(14-17)15-19-13-22-16-25(19)18-8-2-1-3-9-18/h4-5,10-11,13,16-18H,1-3,6-9,12,14-15H2. The molecule has 2 aromatic rings. The molecular weight excluding hydrogens is 324 g/mol. The van der Waals surface area contributed by atoms with E-state index >= 15 is 0 Å². The predicted molar refractivity (Wildman–Crippen MR) is 101 cm³/mol. The minimum Gasteiger partial charge on any atom is -0.330 e. The largest absolute Gasteiger partial charge is 0.330 e. The number of Topliss-reactive ketones (excluding diaryl/α,β-unsaturated/α-hetero) is 1. The molecule has 1 saturated carbocycles. The lowest BCUT2D eigenvalue weighted by Crippen LogP contribution is -2.39. The van der Waals surface area contributed by atoms with Crippen LogP contribution in [0.15, 0.2) is 36.9 Å². The van der Waals surface area contributed by atoms with Gasteiger partial charge in [0.2, 0.25) is 0 Å². The number of imidazole rings is 1. The Morgan fingerprint density at radius 2 is 2.00 bits per heavy atom. The Morgan fingerprint density at radius 1 is 1.12 bits per heavy atom. The first-order valence-corrected chi connectivity index (χ1v) is 9.99. The maximum Gasteiger partial charge on any atom is 0.185 e. The van der Waals surface area contributed by atoms with Crippen LogP contribution in [0.25, 0.3) is 0 Å². The van der Waals surface area contributed by atoms with Gasteiger partial charge >= 0.3 is 0 Å². The van der Waals surface area contributed by atoms with Crippen LogP contribution >= 0.6 is 0 Å². The molecule has 1 aliphatic heterocycles. The summed E-state index contributed by atoms with van der Waals surface area (Å²) in [6.07, 6.45) is 14.3. The van der Waals surface area contributed by atoms with E-state index in [0.29, 0.717) is 11.7 Å². The number of nitrogens with zero attached hydrogens (tertiary/aromatic N) is 4. The summed E-state index contributed by atoms with van der Waals surface area (Å²) in [7, 11) is 0. The summed E-state index contributed by atoms with van der Waals surface area (Å²) in [5.74, 6) is 0.251.